The molecule has 1 N–H and O–H groups in total. The standard InChI is InChI=1S/C14H19N5O5S/c1-14(4-5-25(23,24)7-14)16-9(20)6-19-8-15-11-10(19)12(21)18(3)13(22)17(11)2/h8H,4-7H2,1-3H3,(H,16,20)/t14-/m0/s1. The van der Waals surface area contributed by atoms with Gasteiger partial charge in [0.1, 0.15) is 6.54 Å². The van der Waals surface area contributed by atoms with Gasteiger partial charge >= 0.3 is 5.69 Å². The van der Waals surface area contributed by atoms with Crippen molar-refractivity contribution in [1.29, 1.82) is 0 Å². The predicted molar refractivity (Wildman–Crippen MR) is 90.0 cm³/mol. The molecule has 2 aromatic heterocycles. The summed E-state index contributed by atoms with van der Waals surface area (Å²) < 4.78 is 26.8. The first-order chi connectivity index (χ1) is 11.5. The Labute approximate surface area is 143 Å². The summed E-state index contributed by atoms with van der Waals surface area (Å²) in [5.41, 5.74) is -1.53. The molecule has 1 aliphatic heterocycles. The van der Waals surface area contributed by atoms with Crippen LogP contribution >= 0.6 is 0 Å². The van der Waals surface area contributed by atoms with Gasteiger partial charge in [-0.25, -0.2) is 18.2 Å². The number of carbonyl (C=O) groups excluding carboxylic acids is 1. The largest absolute Gasteiger partial charge is 0.348 e. The summed E-state index contributed by atoms with van der Waals surface area (Å²) in [5.74, 6) is -0.484. The van der Waals surface area contributed by atoms with Crippen molar-refractivity contribution in [3.63, 3.8) is 0 Å². The average molecular weight is 369 g/mol. The van der Waals surface area contributed by atoms with E-state index in [1.54, 1.807) is 6.92 Å². The van der Waals surface area contributed by atoms with E-state index >= 15 is 0 Å². The Hall–Kier alpha value is -2.43. The number of nitrogens with zero attached hydrogens (tertiary/aromatic N) is 4. The Morgan fingerprint density at radius 2 is 2.00 bits per heavy atom. The number of hydrogen-bond acceptors (Lipinski definition) is 6. The molecule has 0 radical (unpaired) electrons. The molecule has 0 bridgehead atoms. The van der Waals surface area contributed by atoms with E-state index in [4.69, 9.17) is 0 Å². The highest BCUT2D eigenvalue weighted by Crippen LogP contribution is 2.22. The Morgan fingerprint density at radius 1 is 1.32 bits per heavy atom. The second-order valence-corrected chi connectivity index (χ2v) is 8.89. The number of nitrogens with one attached hydrogen (secondary N) is 1. The lowest BCUT2D eigenvalue weighted by Gasteiger charge is -2.24. The van der Waals surface area contributed by atoms with Gasteiger partial charge in [0, 0.05) is 14.1 Å². The smallest absolute Gasteiger partial charge is 0.332 e. The van der Waals surface area contributed by atoms with Crippen molar-refractivity contribution < 1.29 is 13.2 Å². The minimum atomic E-state index is -3.14. The molecule has 1 aliphatic rings. The minimum Gasteiger partial charge on any atom is -0.348 e. The van der Waals surface area contributed by atoms with Crippen LogP contribution in [0.2, 0.25) is 0 Å². The van der Waals surface area contributed by atoms with Crippen molar-refractivity contribution in [1.82, 2.24) is 24.0 Å². The molecule has 0 aromatic carbocycles. The maximum Gasteiger partial charge on any atom is 0.332 e. The summed E-state index contributed by atoms with van der Waals surface area (Å²) in [6.45, 7) is 1.49. The van der Waals surface area contributed by atoms with Gasteiger partial charge in [-0.3, -0.25) is 18.7 Å². The highest BCUT2D eigenvalue weighted by molar-refractivity contribution is 7.91. The van der Waals surface area contributed by atoms with Gasteiger partial charge < -0.3 is 9.88 Å². The van der Waals surface area contributed by atoms with Crippen molar-refractivity contribution in [2.24, 2.45) is 14.1 Å². The zero-order chi connectivity index (χ0) is 18.6. The van der Waals surface area contributed by atoms with Crippen LogP contribution in [0.25, 0.3) is 11.2 Å². The predicted octanol–water partition coefficient (Wildman–Crippen LogP) is -1.87. The number of imidazole rings is 1. The molecule has 1 atom stereocenters. The molecule has 0 spiro atoms. The van der Waals surface area contributed by atoms with Gasteiger partial charge in [-0.2, -0.15) is 0 Å². The van der Waals surface area contributed by atoms with Crippen LogP contribution in [-0.2, 0) is 35.3 Å². The van der Waals surface area contributed by atoms with Crippen LogP contribution in [0.5, 0.6) is 0 Å². The van der Waals surface area contributed by atoms with Crippen molar-refractivity contribution in [2.45, 2.75) is 25.4 Å². The van der Waals surface area contributed by atoms with Crippen LogP contribution in [0.3, 0.4) is 0 Å². The summed E-state index contributed by atoms with van der Waals surface area (Å²) in [7, 11) is -0.299. The van der Waals surface area contributed by atoms with E-state index in [0.717, 1.165) is 4.57 Å². The summed E-state index contributed by atoms with van der Waals surface area (Å²) in [6.07, 6.45) is 1.67. The molecular formula is C14H19N5O5S. The van der Waals surface area contributed by atoms with Gasteiger partial charge in [-0.05, 0) is 13.3 Å². The van der Waals surface area contributed by atoms with Crippen LogP contribution in [0.4, 0.5) is 0 Å². The van der Waals surface area contributed by atoms with E-state index in [2.05, 4.69) is 10.3 Å². The van der Waals surface area contributed by atoms with Gasteiger partial charge in [0.15, 0.2) is 21.0 Å². The molecule has 3 heterocycles. The third kappa shape index (κ3) is 2.99. The molecule has 25 heavy (non-hydrogen) atoms. The minimum absolute atomic E-state index is 0.0421. The Kier molecular flexibility index (Phi) is 3.86. The number of amides is 1. The first-order valence-corrected chi connectivity index (χ1v) is 9.47. The maximum absolute atomic E-state index is 12.3. The van der Waals surface area contributed by atoms with Gasteiger partial charge in [-0.1, -0.05) is 0 Å². The fourth-order valence-corrected chi connectivity index (χ4v) is 5.25. The molecule has 0 saturated carbocycles. The van der Waals surface area contributed by atoms with Crippen LogP contribution in [0.1, 0.15) is 13.3 Å². The SMILES string of the molecule is Cn1c(=O)c2c(ncn2CC(=O)N[C@@]2(C)CCS(=O)(=O)C2)n(C)c1=O. The van der Waals surface area contributed by atoms with E-state index in [-0.39, 0.29) is 29.2 Å². The third-order valence-electron chi connectivity index (χ3n) is 4.48. The highest BCUT2D eigenvalue weighted by Gasteiger charge is 2.39. The van der Waals surface area contributed by atoms with E-state index < -0.39 is 32.5 Å². The zero-order valence-corrected chi connectivity index (χ0v) is 15.0. The van der Waals surface area contributed by atoms with Gasteiger partial charge in [0.2, 0.25) is 5.91 Å². The first kappa shape index (κ1) is 17.4. The number of sulfone groups is 1. The number of aromatic nitrogens is 4. The maximum atomic E-state index is 12.3. The summed E-state index contributed by atoms with van der Waals surface area (Å²) in [4.78, 5) is 40.6. The quantitative estimate of drug-likeness (QED) is 0.675. The lowest BCUT2D eigenvalue weighted by molar-refractivity contribution is -0.123. The number of aryl methyl sites for hydroxylation is 1. The normalized spacial score (nSPS) is 22.4. The van der Waals surface area contributed by atoms with Crippen molar-refractivity contribution in [3.05, 3.63) is 27.2 Å². The molecule has 1 amide bonds. The lowest BCUT2D eigenvalue weighted by Crippen LogP contribution is -2.48. The van der Waals surface area contributed by atoms with Gasteiger partial charge in [-0.15, -0.1) is 0 Å². The average Bonchev–Trinajstić information content (AvgIpc) is 3.03. The summed E-state index contributed by atoms with van der Waals surface area (Å²) in [6, 6.07) is 0. The molecule has 3 rings (SSSR count). The van der Waals surface area contributed by atoms with E-state index in [1.165, 1.54) is 29.6 Å². The topological polar surface area (TPSA) is 125 Å². The molecule has 1 saturated heterocycles. The highest BCUT2D eigenvalue weighted by atomic mass is 32.2. The molecular weight excluding hydrogens is 350 g/mol. The number of hydrogen-bond donors (Lipinski definition) is 1. The third-order valence-corrected chi connectivity index (χ3v) is 6.38. The van der Waals surface area contributed by atoms with E-state index in [1.807, 2.05) is 0 Å². The number of carbonyl (C=O) groups is 1. The zero-order valence-electron chi connectivity index (χ0n) is 14.1. The van der Waals surface area contributed by atoms with Crippen LogP contribution < -0.4 is 16.6 Å². The van der Waals surface area contributed by atoms with E-state index in [9.17, 15) is 22.8 Å². The Bertz CT molecular complexity index is 1090. The molecule has 1 fully saturated rings. The molecule has 2 aromatic rings. The van der Waals surface area contributed by atoms with Crippen LogP contribution in [-0.4, -0.2) is 50.1 Å². The fraction of sp³-hybridized carbons (Fsp3) is 0.571. The van der Waals surface area contributed by atoms with Crippen molar-refractivity contribution in [3.8, 4) is 0 Å². The molecule has 0 unspecified atom stereocenters. The van der Waals surface area contributed by atoms with Crippen molar-refractivity contribution >= 4 is 26.9 Å². The van der Waals surface area contributed by atoms with Crippen molar-refractivity contribution in [2.75, 3.05) is 11.5 Å². The number of rotatable bonds is 3. The van der Waals surface area contributed by atoms with E-state index in [0.29, 0.717) is 6.42 Å². The number of fused-ring (bicyclic) bond motifs is 1. The Morgan fingerprint density at radius 3 is 2.60 bits per heavy atom. The van der Waals surface area contributed by atoms with Crippen LogP contribution in [0.15, 0.2) is 15.9 Å². The van der Waals surface area contributed by atoms with Gasteiger partial charge in [0.25, 0.3) is 5.56 Å². The molecule has 10 nitrogen and oxygen atoms in total. The lowest BCUT2D eigenvalue weighted by atomic mass is 10.0. The molecule has 136 valence electrons. The van der Waals surface area contributed by atoms with Gasteiger partial charge in [0.05, 0.1) is 23.4 Å². The second-order valence-electron chi connectivity index (χ2n) is 6.70. The monoisotopic (exact) mass is 369 g/mol. The first-order valence-electron chi connectivity index (χ1n) is 7.65. The molecule has 0 aliphatic carbocycles. The fourth-order valence-electron chi connectivity index (χ4n) is 3.16. The summed E-state index contributed by atoms with van der Waals surface area (Å²) >= 11 is 0. The molecule has 11 heteroatoms. The van der Waals surface area contributed by atoms with Crippen LogP contribution in [0, 0.1) is 0 Å². The second kappa shape index (κ2) is 5.55. The summed E-state index contributed by atoms with van der Waals surface area (Å²) in [5, 5.41) is 2.73. The Balaban J connectivity index is 1.91.